The minimum Gasteiger partial charge on any atom is -0.361 e. The van der Waals surface area contributed by atoms with Crippen LogP contribution in [-0.4, -0.2) is 22.0 Å². The van der Waals surface area contributed by atoms with Crippen molar-refractivity contribution >= 4 is 5.91 Å². The Morgan fingerprint density at radius 3 is 2.70 bits per heavy atom. The fourth-order valence-electron chi connectivity index (χ4n) is 3.05. The standard InChI is InChI=1S/C19H24N2O2/c1-13-5-4-6-16(11-13)12-21(17-7-8-17)19(22)10-9-18-14(2)20-23-15(18)3/h4-6,11,17H,7-10,12H2,1-3H3. The molecule has 0 saturated heterocycles. The van der Waals surface area contributed by atoms with Gasteiger partial charge in [0.1, 0.15) is 5.76 Å². The highest BCUT2D eigenvalue weighted by Crippen LogP contribution is 2.29. The molecule has 4 heteroatoms. The highest BCUT2D eigenvalue weighted by molar-refractivity contribution is 5.77. The second-order valence-electron chi connectivity index (χ2n) is 6.54. The molecule has 1 aromatic carbocycles. The summed E-state index contributed by atoms with van der Waals surface area (Å²) in [6.07, 6.45) is 3.48. The maximum absolute atomic E-state index is 12.7. The van der Waals surface area contributed by atoms with Gasteiger partial charge in [-0.2, -0.15) is 0 Å². The van der Waals surface area contributed by atoms with Gasteiger partial charge in [-0.15, -0.1) is 0 Å². The number of rotatable bonds is 6. The monoisotopic (exact) mass is 312 g/mol. The quantitative estimate of drug-likeness (QED) is 0.816. The van der Waals surface area contributed by atoms with E-state index in [1.54, 1.807) is 0 Å². The van der Waals surface area contributed by atoms with Crippen LogP contribution in [0.1, 0.15) is 47.4 Å². The van der Waals surface area contributed by atoms with Gasteiger partial charge < -0.3 is 9.42 Å². The second kappa shape index (κ2) is 6.57. The summed E-state index contributed by atoms with van der Waals surface area (Å²) >= 11 is 0. The number of hydrogen-bond donors (Lipinski definition) is 0. The molecule has 0 spiro atoms. The van der Waals surface area contributed by atoms with Crippen molar-refractivity contribution in [3.8, 4) is 0 Å². The van der Waals surface area contributed by atoms with E-state index in [9.17, 15) is 4.79 Å². The zero-order valence-electron chi connectivity index (χ0n) is 14.1. The summed E-state index contributed by atoms with van der Waals surface area (Å²) < 4.78 is 5.18. The van der Waals surface area contributed by atoms with Crippen LogP contribution in [-0.2, 0) is 17.8 Å². The minimum atomic E-state index is 0.231. The Hall–Kier alpha value is -2.10. The Balaban J connectivity index is 1.65. The summed E-state index contributed by atoms with van der Waals surface area (Å²) in [7, 11) is 0. The van der Waals surface area contributed by atoms with E-state index in [2.05, 4.69) is 36.3 Å². The smallest absolute Gasteiger partial charge is 0.223 e. The number of hydrogen-bond acceptors (Lipinski definition) is 3. The number of aromatic nitrogens is 1. The molecule has 1 fully saturated rings. The number of amides is 1. The lowest BCUT2D eigenvalue weighted by molar-refractivity contribution is -0.132. The SMILES string of the molecule is Cc1cccc(CN(C(=O)CCc2c(C)noc2C)C2CC2)c1. The molecule has 122 valence electrons. The van der Waals surface area contributed by atoms with Crippen LogP contribution in [0.3, 0.4) is 0 Å². The molecule has 23 heavy (non-hydrogen) atoms. The molecular formula is C19H24N2O2. The summed E-state index contributed by atoms with van der Waals surface area (Å²) in [6.45, 7) is 6.64. The van der Waals surface area contributed by atoms with E-state index in [-0.39, 0.29) is 5.91 Å². The van der Waals surface area contributed by atoms with Crippen molar-refractivity contribution in [2.75, 3.05) is 0 Å². The lowest BCUT2D eigenvalue weighted by atomic mass is 10.1. The normalized spacial score (nSPS) is 14.0. The van der Waals surface area contributed by atoms with Gasteiger partial charge in [-0.1, -0.05) is 35.0 Å². The average Bonchev–Trinajstić information content (AvgIpc) is 3.30. The fraction of sp³-hybridized carbons (Fsp3) is 0.474. The van der Waals surface area contributed by atoms with E-state index in [1.807, 2.05) is 18.7 Å². The van der Waals surface area contributed by atoms with Crippen molar-refractivity contribution < 1.29 is 9.32 Å². The first-order chi connectivity index (χ1) is 11.0. The summed E-state index contributed by atoms with van der Waals surface area (Å²) in [5.74, 6) is 1.06. The molecule has 1 aliphatic rings. The maximum Gasteiger partial charge on any atom is 0.223 e. The topological polar surface area (TPSA) is 46.3 Å². The second-order valence-corrected chi connectivity index (χ2v) is 6.54. The molecule has 0 unspecified atom stereocenters. The van der Waals surface area contributed by atoms with Crippen LogP contribution >= 0.6 is 0 Å². The predicted molar refractivity (Wildman–Crippen MR) is 89.0 cm³/mol. The molecule has 1 aliphatic carbocycles. The number of carbonyl (C=O) groups excluding carboxylic acids is 1. The lowest BCUT2D eigenvalue weighted by Crippen LogP contribution is -2.32. The van der Waals surface area contributed by atoms with Crippen molar-refractivity contribution in [2.45, 2.75) is 59.0 Å². The van der Waals surface area contributed by atoms with Crippen LogP contribution in [0.4, 0.5) is 0 Å². The van der Waals surface area contributed by atoms with Crippen molar-refractivity contribution in [2.24, 2.45) is 0 Å². The van der Waals surface area contributed by atoms with Crippen LogP contribution in [0.5, 0.6) is 0 Å². The Bertz CT molecular complexity index is 682. The third-order valence-electron chi connectivity index (χ3n) is 4.51. The molecule has 0 atom stereocenters. The van der Waals surface area contributed by atoms with Crippen LogP contribution in [0.25, 0.3) is 0 Å². The molecule has 1 heterocycles. The number of aryl methyl sites for hydroxylation is 3. The minimum absolute atomic E-state index is 0.231. The van der Waals surface area contributed by atoms with Gasteiger partial charge in [0.05, 0.1) is 5.69 Å². The van der Waals surface area contributed by atoms with Crippen LogP contribution in [0, 0.1) is 20.8 Å². The number of carbonyl (C=O) groups is 1. The van der Waals surface area contributed by atoms with E-state index in [1.165, 1.54) is 11.1 Å². The van der Waals surface area contributed by atoms with Gasteiger partial charge in [0.15, 0.2) is 0 Å². The Labute approximate surface area is 137 Å². The van der Waals surface area contributed by atoms with Crippen molar-refractivity contribution in [3.63, 3.8) is 0 Å². The predicted octanol–water partition coefficient (Wildman–Crippen LogP) is 3.72. The van der Waals surface area contributed by atoms with Crippen molar-refractivity contribution in [3.05, 3.63) is 52.4 Å². The van der Waals surface area contributed by atoms with Gasteiger partial charge in [-0.05, 0) is 45.6 Å². The molecule has 2 aromatic rings. The first-order valence-electron chi connectivity index (χ1n) is 8.31. The van der Waals surface area contributed by atoms with Gasteiger partial charge in [0.25, 0.3) is 0 Å². The van der Waals surface area contributed by atoms with E-state index in [4.69, 9.17) is 4.52 Å². The van der Waals surface area contributed by atoms with E-state index in [0.29, 0.717) is 25.4 Å². The summed E-state index contributed by atoms with van der Waals surface area (Å²) in [6, 6.07) is 8.84. The molecule has 3 rings (SSSR count). The highest BCUT2D eigenvalue weighted by Gasteiger charge is 2.32. The van der Waals surface area contributed by atoms with Crippen LogP contribution in [0.2, 0.25) is 0 Å². The van der Waals surface area contributed by atoms with Gasteiger partial charge >= 0.3 is 0 Å². The van der Waals surface area contributed by atoms with Gasteiger partial charge in [0, 0.05) is 24.6 Å². The average molecular weight is 312 g/mol. The number of benzene rings is 1. The van der Waals surface area contributed by atoms with Crippen molar-refractivity contribution in [1.82, 2.24) is 10.1 Å². The Morgan fingerprint density at radius 1 is 1.30 bits per heavy atom. The molecule has 1 saturated carbocycles. The van der Waals surface area contributed by atoms with Gasteiger partial charge in [0.2, 0.25) is 5.91 Å². The van der Waals surface area contributed by atoms with Crippen molar-refractivity contribution in [1.29, 1.82) is 0 Å². The summed E-state index contributed by atoms with van der Waals surface area (Å²) in [4.78, 5) is 14.8. The number of nitrogens with zero attached hydrogens (tertiary/aromatic N) is 2. The fourth-order valence-corrected chi connectivity index (χ4v) is 3.05. The van der Waals surface area contributed by atoms with E-state index >= 15 is 0 Å². The Kier molecular flexibility index (Phi) is 4.51. The van der Waals surface area contributed by atoms with Crippen LogP contribution in [0.15, 0.2) is 28.8 Å². The molecular weight excluding hydrogens is 288 g/mol. The summed E-state index contributed by atoms with van der Waals surface area (Å²) in [5, 5.41) is 3.96. The van der Waals surface area contributed by atoms with E-state index < -0.39 is 0 Å². The lowest BCUT2D eigenvalue weighted by Gasteiger charge is -2.23. The molecule has 0 radical (unpaired) electrons. The third-order valence-corrected chi connectivity index (χ3v) is 4.51. The zero-order valence-corrected chi connectivity index (χ0v) is 14.1. The molecule has 0 bridgehead atoms. The first-order valence-corrected chi connectivity index (χ1v) is 8.31. The molecule has 0 aliphatic heterocycles. The largest absolute Gasteiger partial charge is 0.361 e. The molecule has 4 nitrogen and oxygen atoms in total. The zero-order chi connectivity index (χ0) is 16.4. The Morgan fingerprint density at radius 2 is 2.09 bits per heavy atom. The van der Waals surface area contributed by atoms with Gasteiger partial charge in [-0.25, -0.2) is 0 Å². The van der Waals surface area contributed by atoms with Crippen LogP contribution < -0.4 is 0 Å². The summed E-state index contributed by atoms with van der Waals surface area (Å²) in [5.41, 5.74) is 4.42. The molecule has 0 N–H and O–H groups in total. The van der Waals surface area contributed by atoms with E-state index in [0.717, 1.165) is 29.9 Å². The third kappa shape index (κ3) is 3.81. The molecule has 1 aromatic heterocycles. The highest BCUT2D eigenvalue weighted by atomic mass is 16.5. The maximum atomic E-state index is 12.7. The van der Waals surface area contributed by atoms with Gasteiger partial charge in [-0.3, -0.25) is 4.79 Å². The first kappa shape index (κ1) is 15.8. The molecule has 1 amide bonds.